The molecule has 1 aliphatic carbocycles. The summed E-state index contributed by atoms with van der Waals surface area (Å²) in [5, 5.41) is 8.68. The van der Waals surface area contributed by atoms with E-state index in [-0.39, 0.29) is 23.6 Å². The molecule has 1 fully saturated rings. The van der Waals surface area contributed by atoms with Crippen molar-refractivity contribution in [3.05, 3.63) is 47.5 Å². The smallest absolute Gasteiger partial charge is 0.227 e. The molecule has 7 nitrogen and oxygen atoms in total. The number of hydrogen-bond acceptors (Lipinski definition) is 4. The van der Waals surface area contributed by atoms with Crippen molar-refractivity contribution in [1.82, 2.24) is 0 Å². The van der Waals surface area contributed by atoms with Crippen molar-refractivity contribution in [3.8, 4) is 5.75 Å². The van der Waals surface area contributed by atoms with E-state index >= 15 is 0 Å². The Morgan fingerprint density at radius 2 is 1.94 bits per heavy atom. The molecule has 0 aromatic heterocycles. The molecule has 2 aromatic rings. The van der Waals surface area contributed by atoms with Gasteiger partial charge in [0.25, 0.3) is 0 Å². The van der Waals surface area contributed by atoms with Crippen LogP contribution in [0.25, 0.3) is 0 Å². The Bertz CT molecular complexity index is 1010. The van der Waals surface area contributed by atoms with E-state index in [1.807, 2.05) is 37.3 Å². The van der Waals surface area contributed by atoms with Crippen LogP contribution < -0.4 is 20.7 Å². The van der Waals surface area contributed by atoms with Crippen LogP contribution in [0.1, 0.15) is 43.2 Å². The van der Waals surface area contributed by atoms with E-state index in [4.69, 9.17) is 4.74 Å². The van der Waals surface area contributed by atoms with Gasteiger partial charge in [0, 0.05) is 35.8 Å². The van der Waals surface area contributed by atoms with Gasteiger partial charge in [0.1, 0.15) is 5.75 Å². The number of benzene rings is 2. The largest absolute Gasteiger partial charge is 0.494 e. The van der Waals surface area contributed by atoms with Crippen molar-refractivity contribution in [1.29, 1.82) is 0 Å². The maximum Gasteiger partial charge on any atom is 0.227 e. The zero-order valence-electron chi connectivity index (χ0n) is 17.6. The SMILES string of the molecule is Cc1ccc(NC(=O)C2CC2)cc1NC(=O)CCCOc1ccc2c(c1)CCC(=O)N2. The van der Waals surface area contributed by atoms with Crippen LogP contribution in [0.3, 0.4) is 0 Å². The fourth-order valence-electron chi connectivity index (χ4n) is 3.51. The van der Waals surface area contributed by atoms with E-state index in [0.29, 0.717) is 43.7 Å². The third-order valence-electron chi connectivity index (χ3n) is 5.52. The number of fused-ring (bicyclic) bond motifs is 1. The summed E-state index contributed by atoms with van der Waals surface area (Å²) in [4.78, 5) is 35.7. The number of nitrogens with one attached hydrogen (secondary N) is 3. The minimum absolute atomic E-state index is 0.0400. The highest BCUT2D eigenvalue weighted by Crippen LogP contribution is 2.31. The number of carbonyl (C=O) groups excluding carboxylic acids is 3. The summed E-state index contributed by atoms with van der Waals surface area (Å²) < 4.78 is 5.77. The number of aryl methyl sites for hydroxylation is 2. The Kier molecular flexibility index (Phi) is 6.21. The van der Waals surface area contributed by atoms with Gasteiger partial charge >= 0.3 is 0 Å². The molecule has 0 atom stereocenters. The summed E-state index contributed by atoms with van der Waals surface area (Å²) in [5.41, 5.74) is 4.25. The summed E-state index contributed by atoms with van der Waals surface area (Å²) >= 11 is 0. The molecule has 0 radical (unpaired) electrons. The van der Waals surface area contributed by atoms with Gasteiger partial charge in [-0.2, -0.15) is 0 Å². The zero-order valence-corrected chi connectivity index (χ0v) is 17.6. The van der Waals surface area contributed by atoms with Crippen molar-refractivity contribution in [3.63, 3.8) is 0 Å². The Labute approximate surface area is 181 Å². The van der Waals surface area contributed by atoms with Gasteiger partial charge in [-0.1, -0.05) is 6.07 Å². The highest BCUT2D eigenvalue weighted by Gasteiger charge is 2.29. The lowest BCUT2D eigenvalue weighted by molar-refractivity contribution is -0.117. The lowest BCUT2D eigenvalue weighted by atomic mass is 10.0. The predicted molar refractivity (Wildman–Crippen MR) is 119 cm³/mol. The van der Waals surface area contributed by atoms with Crippen LogP contribution in [-0.4, -0.2) is 24.3 Å². The van der Waals surface area contributed by atoms with E-state index in [1.165, 1.54) is 0 Å². The number of carbonyl (C=O) groups is 3. The first-order valence-electron chi connectivity index (χ1n) is 10.7. The molecule has 0 bridgehead atoms. The minimum Gasteiger partial charge on any atom is -0.494 e. The molecule has 0 saturated heterocycles. The zero-order chi connectivity index (χ0) is 21.8. The first-order valence-corrected chi connectivity index (χ1v) is 10.7. The van der Waals surface area contributed by atoms with Gasteiger partial charge in [0.15, 0.2) is 0 Å². The molecule has 2 aliphatic rings. The molecule has 3 N–H and O–H groups in total. The molecule has 1 heterocycles. The van der Waals surface area contributed by atoms with Crippen LogP contribution in [0.4, 0.5) is 17.1 Å². The van der Waals surface area contributed by atoms with E-state index in [0.717, 1.165) is 35.4 Å². The number of anilines is 3. The molecule has 7 heteroatoms. The summed E-state index contributed by atoms with van der Waals surface area (Å²) in [6.45, 7) is 2.35. The topological polar surface area (TPSA) is 96.5 Å². The van der Waals surface area contributed by atoms with Gasteiger partial charge in [-0.3, -0.25) is 14.4 Å². The number of hydrogen-bond donors (Lipinski definition) is 3. The molecule has 162 valence electrons. The van der Waals surface area contributed by atoms with E-state index < -0.39 is 0 Å². The third kappa shape index (κ3) is 5.63. The van der Waals surface area contributed by atoms with Crippen LogP contribution in [0.5, 0.6) is 5.75 Å². The van der Waals surface area contributed by atoms with Crippen LogP contribution in [0.15, 0.2) is 36.4 Å². The second kappa shape index (κ2) is 9.20. The molecule has 1 saturated carbocycles. The van der Waals surface area contributed by atoms with E-state index in [2.05, 4.69) is 16.0 Å². The Hall–Kier alpha value is -3.35. The maximum atomic E-state index is 12.4. The first-order chi connectivity index (χ1) is 15.0. The third-order valence-corrected chi connectivity index (χ3v) is 5.52. The van der Waals surface area contributed by atoms with Gasteiger partial charge in [-0.25, -0.2) is 0 Å². The van der Waals surface area contributed by atoms with Crippen molar-refractivity contribution in [2.75, 3.05) is 22.6 Å². The molecule has 1 aliphatic heterocycles. The van der Waals surface area contributed by atoms with Crippen molar-refractivity contribution >= 4 is 34.8 Å². The lowest BCUT2D eigenvalue weighted by Gasteiger charge is -2.17. The van der Waals surface area contributed by atoms with Gasteiger partial charge in [-0.15, -0.1) is 0 Å². The Balaban J connectivity index is 1.23. The standard InChI is InChI=1S/C24H27N3O4/c1-15-4-8-18(25-24(30)16-5-6-16)14-21(15)27-22(28)3-2-12-31-19-9-10-20-17(13-19)7-11-23(29)26-20/h4,8-10,13-14,16H,2-3,5-7,11-12H2,1H3,(H,25,30)(H,26,29)(H,27,28). The Morgan fingerprint density at radius 1 is 1.10 bits per heavy atom. The summed E-state index contributed by atoms with van der Waals surface area (Å²) in [7, 11) is 0. The van der Waals surface area contributed by atoms with E-state index in [1.54, 1.807) is 6.07 Å². The quantitative estimate of drug-likeness (QED) is 0.561. The summed E-state index contributed by atoms with van der Waals surface area (Å²) in [5.74, 6) is 0.866. The molecule has 0 unspecified atom stereocenters. The maximum absolute atomic E-state index is 12.4. The van der Waals surface area contributed by atoms with Gasteiger partial charge < -0.3 is 20.7 Å². The molecular weight excluding hydrogens is 394 g/mol. The predicted octanol–water partition coefficient (Wildman–Crippen LogP) is 4.03. The second-order valence-electron chi connectivity index (χ2n) is 8.16. The summed E-state index contributed by atoms with van der Waals surface area (Å²) in [6.07, 6.45) is 4.01. The number of rotatable bonds is 8. The van der Waals surface area contributed by atoms with Gasteiger partial charge in [0.05, 0.1) is 6.61 Å². The minimum atomic E-state index is -0.0921. The number of ether oxygens (including phenoxy) is 1. The second-order valence-corrected chi connectivity index (χ2v) is 8.16. The molecule has 3 amide bonds. The Morgan fingerprint density at radius 3 is 2.74 bits per heavy atom. The molecule has 31 heavy (non-hydrogen) atoms. The van der Waals surface area contributed by atoms with Crippen molar-refractivity contribution < 1.29 is 19.1 Å². The molecular formula is C24H27N3O4. The summed E-state index contributed by atoms with van der Waals surface area (Å²) in [6, 6.07) is 11.2. The highest BCUT2D eigenvalue weighted by atomic mass is 16.5. The first kappa shape index (κ1) is 20.9. The van der Waals surface area contributed by atoms with Crippen LogP contribution >= 0.6 is 0 Å². The normalized spacial score (nSPS) is 14.9. The monoisotopic (exact) mass is 421 g/mol. The number of amides is 3. The average molecular weight is 421 g/mol. The van der Waals surface area contributed by atoms with Crippen molar-refractivity contribution in [2.24, 2.45) is 5.92 Å². The average Bonchev–Trinajstić information content (AvgIpc) is 3.59. The van der Waals surface area contributed by atoms with Crippen LogP contribution in [0.2, 0.25) is 0 Å². The van der Waals surface area contributed by atoms with Gasteiger partial charge in [0.2, 0.25) is 17.7 Å². The van der Waals surface area contributed by atoms with E-state index in [9.17, 15) is 14.4 Å². The van der Waals surface area contributed by atoms with Crippen LogP contribution in [0, 0.1) is 12.8 Å². The lowest BCUT2D eigenvalue weighted by Crippen LogP contribution is -2.18. The molecule has 2 aromatic carbocycles. The molecule has 4 rings (SSSR count). The fourth-order valence-corrected chi connectivity index (χ4v) is 3.51. The van der Waals surface area contributed by atoms with Gasteiger partial charge in [-0.05, 0) is 74.1 Å². The van der Waals surface area contributed by atoms with Crippen LogP contribution in [-0.2, 0) is 20.8 Å². The van der Waals surface area contributed by atoms with Crippen molar-refractivity contribution in [2.45, 2.75) is 45.4 Å². The fraction of sp³-hybridized carbons (Fsp3) is 0.375. The molecule has 0 spiro atoms. The highest BCUT2D eigenvalue weighted by molar-refractivity contribution is 5.96.